The number of sulfonamides is 1. The summed E-state index contributed by atoms with van der Waals surface area (Å²) in [5.74, 6) is 1.52. The van der Waals surface area contributed by atoms with Gasteiger partial charge in [-0.25, -0.2) is 13.1 Å². The maximum Gasteiger partial charge on any atom is 0.241 e. The largest absolute Gasteiger partial charge is 0.493 e. The van der Waals surface area contributed by atoms with Crippen molar-refractivity contribution in [2.45, 2.75) is 44.0 Å². The summed E-state index contributed by atoms with van der Waals surface area (Å²) in [6.45, 7) is 3.91. The number of methoxy groups -OCH3 is 2. The Morgan fingerprint density at radius 1 is 1.14 bits per heavy atom. The summed E-state index contributed by atoms with van der Waals surface area (Å²) in [5, 5.41) is 0. The molecule has 1 aromatic rings. The molecule has 1 aliphatic rings. The molecule has 0 aliphatic heterocycles. The molecule has 0 radical (unpaired) electrons. The van der Waals surface area contributed by atoms with E-state index in [4.69, 9.17) is 9.47 Å². The van der Waals surface area contributed by atoms with Gasteiger partial charge in [-0.05, 0) is 43.7 Å². The lowest BCUT2D eigenvalue weighted by molar-refractivity contribution is 0.353. The minimum Gasteiger partial charge on any atom is -0.493 e. The van der Waals surface area contributed by atoms with E-state index in [-0.39, 0.29) is 10.9 Å². The lowest BCUT2D eigenvalue weighted by Crippen LogP contribution is -2.33. The van der Waals surface area contributed by atoms with Gasteiger partial charge in [0.25, 0.3) is 0 Å². The number of rotatable bonds is 5. The summed E-state index contributed by atoms with van der Waals surface area (Å²) < 4.78 is 38.3. The highest BCUT2D eigenvalue weighted by Crippen LogP contribution is 2.33. The lowest BCUT2D eigenvalue weighted by Gasteiger charge is -2.16. The number of aryl methyl sites for hydroxylation is 1. The first-order valence-corrected chi connectivity index (χ1v) is 8.60. The van der Waals surface area contributed by atoms with E-state index in [0.29, 0.717) is 23.0 Å². The molecular weight excluding hydrogens is 290 g/mol. The van der Waals surface area contributed by atoms with Crippen molar-refractivity contribution in [2.75, 3.05) is 14.2 Å². The van der Waals surface area contributed by atoms with Crippen LogP contribution in [0.2, 0.25) is 0 Å². The Kier molecular flexibility index (Phi) is 4.78. The molecule has 118 valence electrons. The van der Waals surface area contributed by atoms with Gasteiger partial charge < -0.3 is 9.47 Å². The van der Waals surface area contributed by atoms with Crippen LogP contribution in [0, 0.1) is 12.8 Å². The molecule has 5 nitrogen and oxygen atoms in total. The van der Waals surface area contributed by atoms with Crippen LogP contribution >= 0.6 is 0 Å². The van der Waals surface area contributed by atoms with Crippen LogP contribution in [0.5, 0.6) is 11.5 Å². The van der Waals surface area contributed by atoms with Crippen molar-refractivity contribution in [3.63, 3.8) is 0 Å². The van der Waals surface area contributed by atoms with Gasteiger partial charge in [-0.2, -0.15) is 0 Å². The molecule has 1 fully saturated rings. The monoisotopic (exact) mass is 313 g/mol. The van der Waals surface area contributed by atoms with Crippen molar-refractivity contribution in [2.24, 2.45) is 5.92 Å². The van der Waals surface area contributed by atoms with Crippen LogP contribution in [0.25, 0.3) is 0 Å². The molecule has 0 amide bonds. The zero-order valence-electron chi connectivity index (χ0n) is 13.0. The summed E-state index contributed by atoms with van der Waals surface area (Å²) in [5.41, 5.74) is 0.645. The predicted molar refractivity (Wildman–Crippen MR) is 81.4 cm³/mol. The second kappa shape index (κ2) is 6.23. The topological polar surface area (TPSA) is 64.6 Å². The number of hydrogen-bond acceptors (Lipinski definition) is 4. The standard InChI is InChI=1S/C15H23NO4S/c1-10-5-6-12(7-10)16-21(17,18)15-9-14(20-4)13(19-3)8-11(15)2/h8-10,12,16H,5-7H2,1-4H3. The molecule has 0 heterocycles. The molecule has 2 unspecified atom stereocenters. The van der Waals surface area contributed by atoms with Crippen molar-refractivity contribution < 1.29 is 17.9 Å². The van der Waals surface area contributed by atoms with Crippen molar-refractivity contribution >= 4 is 10.0 Å². The fourth-order valence-corrected chi connectivity index (χ4v) is 4.37. The normalized spacial score (nSPS) is 22.3. The summed E-state index contributed by atoms with van der Waals surface area (Å²) in [6.07, 6.45) is 2.86. The quantitative estimate of drug-likeness (QED) is 0.907. The van der Waals surface area contributed by atoms with Gasteiger partial charge >= 0.3 is 0 Å². The van der Waals surface area contributed by atoms with Gasteiger partial charge in [0.2, 0.25) is 10.0 Å². The third-order valence-corrected chi connectivity index (χ3v) is 5.65. The number of ether oxygens (including phenoxy) is 2. The van der Waals surface area contributed by atoms with E-state index in [1.807, 2.05) is 0 Å². The van der Waals surface area contributed by atoms with Gasteiger partial charge in [0, 0.05) is 12.1 Å². The van der Waals surface area contributed by atoms with E-state index in [1.165, 1.54) is 20.3 Å². The van der Waals surface area contributed by atoms with Crippen molar-refractivity contribution in [1.82, 2.24) is 4.72 Å². The van der Waals surface area contributed by atoms with Gasteiger partial charge in [-0.15, -0.1) is 0 Å². The smallest absolute Gasteiger partial charge is 0.241 e. The third kappa shape index (κ3) is 3.49. The summed E-state index contributed by atoms with van der Waals surface area (Å²) >= 11 is 0. The molecular formula is C15H23NO4S. The van der Waals surface area contributed by atoms with Gasteiger partial charge in [-0.1, -0.05) is 6.92 Å². The second-order valence-corrected chi connectivity index (χ2v) is 7.39. The fourth-order valence-electron chi connectivity index (χ4n) is 2.85. The Bertz CT molecular complexity index is 612. The van der Waals surface area contributed by atoms with Crippen LogP contribution in [0.1, 0.15) is 31.7 Å². The summed E-state index contributed by atoms with van der Waals surface area (Å²) in [7, 11) is -0.514. The highest BCUT2D eigenvalue weighted by atomic mass is 32.2. The molecule has 0 spiro atoms. The summed E-state index contributed by atoms with van der Waals surface area (Å²) in [6, 6.07) is 3.23. The number of hydrogen-bond donors (Lipinski definition) is 1. The SMILES string of the molecule is COc1cc(C)c(S(=O)(=O)NC2CCC(C)C2)cc1OC. The zero-order chi connectivity index (χ0) is 15.6. The third-order valence-electron chi connectivity index (χ3n) is 3.99. The first-order valence-electron chi connectivity index (χ1n) is 7.12. The maximum atomic E-state index is 12.6. The molecule has 1 aliphatic carbocycles. The zero-order valence-corrected chi connectivity index (χ0v) is 13.8. The first kappa shape index (κ1) is 16.1. The first-order chi connectivity index (χ1) is 9.87. The van der Waals surface area contributed by atoms with Gasteiger partial charge in [0.05, 0.1) is 19.1 Å². The van der Waals surface area contributed by atoms with Gasteiger partial charge in [-0.3, -0.25) is 0 Å². The lowest BCUT2D eigenvalue weighted by atomic mass is 10.1. The second-order valence-electron chi connectivity index (χ2n) is 5.71. The average molecular weight is 313 g/mol. The van der Waals surface area contributed by atoms with Crippen LogP contribution in [0.3, 0.4) is 0 Å². The molecule has 21 heavy (non-hydrogen) atoms. The highest BCUT2D eigenvalue weighted by Gasteiger charge is 2.28. The molecule has 2 atom stereocenters. The van der Waals surface area contributed by atoms with Crippen LogP contribution < -0.4 is 14.2 Å². The Morgan fingerprint density at radius 2 is 1.76 bits per heavy atom. The Morgan fingerprint density at radius 3 is 2.29 bits per heavy atom. The molecule has 2 rings (SSSR count). The predicted octanol–water partition coefficient (Wildman–Crippen LogP) is 2.48. The van der Waals surface area contributed by atoms with E-state index in [2.05, 4.69) is 11.6 Å². The summed E-state index contributed by atoms with van der Waals surface area (Å²) in [4.78, 5) is 0.250. The van der Waals surface area contributed by atoms with Gasteiger partial charge in [0.15, 0.2) is 11.5 Å². The Labute approximate surface area is 126 Å². The van der Waals surface area contributed by atoms with Crippen LogP contribution in [-0.4, -0.2) is 28.7 Å². The van der Waals surface area contributed by atoms with E-state index in [0.717, 1.165) is 19.3 Å². The van der Waals surface area contributed by atoms with Gasteiger partial charge in [0.1, 0.15) is 0 Å². The molecule has 0 bridgehead atoms. The van der Waals surface area contributed by atoms with E-state index in [1.54, 1.807) is 13.0 Å². The van der Waals surface area contributed by atoms with Crippen molar-refractivity contribution in [3.05, 3.63) is 17.7 Å². The molecule has 1 N–H and O–H groups in total. The Balaban J connectivity index is 2.31. The minimum atomic E-state index is -3.54. The fraction of sp³-hybridized carbons (Fsp3) is 0.600. The molecule has 6 heteroatoms. The molecule has 1 aromatic carbocycles. The van der Waals surface area contributed by atoms with Crippen molar-refractivity contribution in [1.29, 1.82) is 0 Å². The van der Waals surface area contributed by atoms with Crippen LogP contribution in [0.15, 0.2) is 17.0 Å². The van der Waals surface area contributed by atoms with E-state index in [9.17, 15) is 8.42 Å². The van der Waals surface area contributed by atoms with Crippen LogP contribution in [-0.2, 0) is 10.0 Å². The average Bonchev–Trinajstić information content (AvgIpc) is 2.82. The van der Waals surface area contributed by atoms with E-state index < -0.39 is 10.0 Å². The highest BCUT2D eigenvalue weighted by molar-refractivity contribution is 7.89. The number of nitrogens with one attached hydrogen (secondary N) is 1. The Hall–Kier alpha value is -1.27. The molecule has 0 aromatic heterocycles. The van der Waals surface area contributed by atoms with Crippen molar-refractivity contribution in [3.8, 4) is 11.5 Å². The molecule has 1 saturated carbocycles. The molecule has 0 saturated heterocycles. The number of benzene rings is 1. The van der Waals surface area contributed by atoms with E-state index >= 15 is 0 Å². The minimum absolute atomic E-state index is 0.0255. The van der Waals surface area contributed by atoms with Crippen LogP contribution in [0.4, 0.5) is 0 Å². The maximum absolute atomic E-state index is 12.6.